The molecule has 0 atom stereocenters. The minimum absolute atomic E-state index is 0.918. The number of hydrogen-bond donors (Lipinski definition) is 0. The summed E-state index contributed by atoms with van der Waals surface area (Å²) < 4.78 is 8.82. The Kier molecular flexibility index (Phi) is 8.04. The van der Waals surface area contributed by atoms with Crippen molar-refractivity contribution in [1.82, 2.24) is 0 Å². The Morgan fingerprint density at radius 1 is 0.281 bits per heavy atom. The molecule has 0 bridgehead atoms. The molecule has 2 heterocycles. The maximum Gasteiger partial charge on any atom is 0.136 e. The lowest BCUT2D eigenvalue weighted by Gasteiger charge is -2.26. The summed E-state index contributed by atoms with van der Waals surface area (Å²) in [4.78, 5) is 2.34. The molecule has 0 fully saturated rings. The van der Waals surface area contributed by atoms with Gasteiger partial charge >= 0.3 is 0 Å². The van der Waals surface area contributed by atoms with Crippen molar-refractivity contribution >= 4 is 70.5 Å². The molecule has 3 heteroatoms. The van der Waals surface area contributed by atoms with Gasteiger partial charge in [-0.2, -0.15) is 0 Å². The topological polar surface area (TPSA) is 16.4 Å². The summed E-state index contributed by atoms with van der Waals surface area (Å²) in [6, 6.07) is 76.4. The van der Waals surface area contributed by atoms with Crippen molar-refractivity contribution < 1.29 is 4.42 Å². The first-order chi connectivity index (χ1) is 28.2. The summed E-state index contributed by atoms with van der Waals surface area (Å²) in [7, 11) is 0. The molecule has 0 amide bonds. The summed E-state index contributed by atoms with van der Waals surface area (Å²) >= 11 is 1.85. The molecule has 0 aliphatic heterocycles. The number of fused-ring (bicyclic) bond motifs is 6. The van der Waals surface area contributed by atoms with Crippen molar-refractivity contribution in [3.05, 3.63) is 212 Å². The zero-order valence-corrected chi connectivity index (χ0v) is 31.8. The standard InChI is InChI=1S/C54H35NOS/c1-3-9-36(10-4-1)38-15-24-44(25-16-38)55(45-26-17-39(18-27-45)37-11-5-2-6-12-37)46-28-19-40(20-29-46)41-22-31-53-49(33-41)50-34-42(23-32-54(50)57-53)43-21-30-48-47-13-7-8-14-51(47)56-52(48)35-43/h1-35H. The molecule has 11 aromatic rings. The Morgan fingerprint density at radius 2 is 0.667 bits per heavy atom. The van der Waals surface area contributed by atoms with Crippen LogP contribution in [0, 0.1) is 0 Å². The first-order valence-electron chi connectivity index (χ1n) is 19.3. The van der Waals surface area contributed by atoms with E-state index in [2.05, 4.69) is 205 Å². The second-order valence-electron chi connectivity index (χ2n) is 14.5. The van der Waals surface area contributed by atoms with Crippen molar-refractivity contribution in [3.63, 3.8) is 0 Å². The van der Waals surface area contributed by atoms with Crippen LogP contribution in [-0.2, 0) is 0 Å². The van der Waals surface area contributed by atoms with Crippen molar-refractivity contribution in [2.75, 3.05) is 4.90 Å². The molecule has 268 valence electrons. The van der Waals surface area contributed by atoms with Crippen LogP contribution >= 0.6 is 11.3 Å². The molecule has 0 unspecified atom stereocenters. The third-order valence-electron chi connectivity index (χ3n) is 11.1. The van der Waals surface area contributed by atoms with Gasteiger partial charge in [0.1, 0.15) is 11.2 Å². The molecule has 9 aromatic carbocycles. The highest BCUT2D eigenvalue weighted by molar-refractivity contribution is 7.25. The van der Waals surface area contributed by atoms with E-state index >= 15 is 0 Å². The van der Waals surface area contributed by atoms with Gasteiger partial charge in [0.15, 0.2) is 0 Å². The van der Waals surface area contributed by atoms with Crippen LogP contribution in [0.5, 0.6) is 0 Å². The van der Waals surface area contributed by atoms with Crippen molar-refractivity contribution in [3.8, 4) is 44.5 Å². The average Bonchev–Trinajstić information content (AvgIpc) is 3.85. The second kappa shape index (κ2) is 13.8. The Labute approximate surface area is 335 Å². The van der Waals surface area contributed by atoms with E-state index in [4.69, 9.17) is 4.42 Å². The Balaban J connectivity index is 0.942. The predicted octanol–water partition coefficient (Wildman–Crippen LogP) is 16.1. The Bertz CT molecular complexity index is 3110. The fourth-order valence-electron chi connectivity index (χ4n) is 8.16. The lowest BCUT2D eigenvalue weighted by atomic mass is 9.99. The minimum Gasteiger partial charge on any atom is -0.456 e. The number of benzene rings is 9. The summed E-state index contributed by atoms with van der Waals surface area (Å²) in [6.45, 7) is 0. The van der Waals surface area contributed by atoms with Crippen LogP contribution in [0.15, 0.2) is 217 Å². The van der Waals surface area contributed by atoms with Crippen molar-refractivity contribution in [1.29, 1.82) is 0 Å². The molecule has 0 saturated carbocycles. The van der Waals surface area contributed by atoms with Gasteiger partial charge in [0.05, 0.1) is 0 Å². The lowest BCUT2D eigenvalue weighted by molar-refractivity contribution is 0.669. The average molecular weight is 746 g/mol. The maximum atomic E-state index is 6.24. The first kappa shape index (κ1) is 33.2. The highest BCUT2D eigenvalue weighted by Crippen LogP contribution is 2.41. The van der Waals surface area contributed by atoms with E-state index in [1.807, 2.05) is 23.5 Å². The smallest absolute Gasteiger partial charge is 0.136 e. The van der Waals surface area contributed by atoms with Crippen LogP contribution in [0.1, 0.15) is 0 Å². The molecule has 57 heavy (non-hydrogen) atoms. The fraction of sp³-hybridized carbons (Fsp3) is 0. The first-order valence-corrected chi connectivity index (χ1v) is 20.1. The second-order valence-corrected chi connectivity index (χ2v) is 15.6. The van der Waals surface area contributed by atoms with E-state index in [1.165, 1.54) is 59.1 Å². The number of anilines is 3. The molecule has 0 N–H and O–H groups in total. The molecule has 0 aliphatic carbocycles. The molecule has 2 aromatic heterocycles. The summed E-state index contributed by atoms with van der Waals surface area (Å²) in [5.41, 5.74) is 14.7. The maximum absolute atomic E-state index is 6.24. The van der Waals surface area contributed by atoms with Gasteiger partial charge in [0, 0.05) is 48.0 Å². The van der Waals surface area contributed by atoms with Crippen LogP contribution < -0.4 is 4.90 Å². The highest BCUT2D eigenvalue weighted by atomic mass is 32.1. The normalized spacial score (nSPS) is 11.5. The third-order valence-corrected chi connectivity index (χ3v) is 12.3. The van der Waals surface area contributed by atoms with Gasteiger partial charge in [-0.25, -0.2) is 0 Å². The number of rotatable bonds is 7. The summed E-state index contributed by atoms with van der Waals surface area (Å²) in [5.74, 6) is 0. The van der Waals surface area contributed by atoms with Gasteiger partial charge in [0.2, 0.25) is 0 Å². The largest absolute Gasteiger partial charge is 0.456 e. The fourth-order valence-corrected chi connectivity index (χ4v) is 9.23. The minimum atomic E-state index is 0.918. The van der Waals surface area contributed by atoms with Gasteiger partial charge in [-0.15, -0.1) is 11.3 Å². The summed E-state index contributed by atoms with van der Waals surface area (Å²) in [5, 5.41) is 4.86. The van der Waals surface area contributed by atoms with Crippen LogP contribution in [0.25, 0.3) is 86.6 Å². The number of para-hydroxylation sites is 1. The van der Waals surface area contributed by atoms with Gasteiger partial charge in [-0.05, 0) is 123 Å². The van der Waals surface area contributed by atoms with Crippen LogP contribution in [0.2, 0.25) is 0 Å². The molecule has 0 aliphatic rings. The van der Waals surface area contributed by atoms with E-state index in [1.54, 1.807) is 0 Å². The summed E-state index contributed by atoms with van der Waals surface area (Å²) in [6.07, 6.45) is 0. The van der Waals surface area contributed by atoms with Crippen LogP contribution in [-0.4, -0.2) is 0 Å². The molecule has 11 rings (SSSR count). The highest BCUT2D eigenvalue weighted by Gasteiger charge is 2.15. The van der Waals surface area contributed by atoms with Crippen LogP contribution in [0.4, 0.5) is 17.1 Å². The zero-order valence-electron chi connectivity index (χ0n) is 31.0. The molecule has 0 saturated heterocycles. The van der Waals surface area contributed by atoms with E-state index in [0.717, 1.165) is 44.6 Å². The van der Waals surface area contributed by atoms with E-state index in [-0.39, 0.29) is 0 Å². The number of nitrogens with zero attached hydrogens (tertiary/aromatic N) is 1. The van der Waals surface area contributed by atoms with E-state index in [9.17, 15) is 0 Å². The Morgan fingerprint density at radius 3 is 1.21 bits per heavy atom. The predicted molar refractivity (Wildman–Crippen MR) is 243 cm³/mol. The lowest BCUT2D eigenvalue weighted by Crippen LogP contribution is -2.09. The van der Waals surface area contributed by atoms with E-state index in [0.29, 0.717) is 0 Å². The molecule has 2 nitrogen and oxygen atoms in total. The van der Waals surface area contributed by atoms with Gasteiger partial charge in [-0.1, -0.05) is 133 Å². The number of thiophene rings is 1. The third kappa shape index (κ3) is 6.06. The zero-order chi connectivity index (χ0) is 37.7. The van der Waals surface area contributed by atoms with Gasteiger partial charge < -0.3 is 9.32 Å². The van der Waals surface area contributed by atoms with E-state index < -0.39 is 0 Å². The van der Waals surface area contributed by atoms with Gasteiger partial charge in [0.25, 0.3) is 0 Å². The molecule has 0 radical (unpaired) electrons. The van der Waals surface area contributed by atoms with Crippen molar-refractivity contribution in [2.45, 2.75) is 0 Å². The molecule has 0 spiro atoms. The SMILES string of the molecule is c1ccc(-c2ccc(N(c3ccc(-c4ccccc4)cc3)c3ccc(-c4ccc5sc6ccc(-c7ccc8c(c7)oc7ccccc78)cc6c5c4)cc3)cc2)cc1. The quantitative estimate of drug-likeness (QED) is 0.162. The Hall–Kier alpha value is -7.20. The van der Waals surface area contributed by atoms with Crippen LogP contribution in [0.3, 0.4) is 0 Å². The van der Waals surface area contributed by atoms with Gasteiger partial charge in [-0.3, -0.25) is 0 Å². The number of hydrogen-bond acceptors (Lipinski definition) is 3. The molecular weight excluding hydrogens is 711 g/mol. The number of furan rings is 1. The van der Waals surface area contributed by atoms with Crippen molar-refractivity contribution in [2.24, 2.45) is 0 Å². The molecular formula is C54H35NOS. The monoisotopic (exact) mass is 745 g/mol.